The second-order valence-corrected chi connectivity index (χ2v) is 11.0. The van der Waals surface area contributed by atoms with Crippen LogP contribution in [0.2, 0.25) is 0 Å². The molecule has 0 aliphatic carbocycles. The van der Waals surface area contributed by atoms with Crippen LogP contribution in [0.5, 0.6) is 0 Å². The first-order chi connectivity index (χ1) is 16.5. The van der Waals surface area contributed by atoms with Crippen molar-refractivity contribution in [2.75, 3.05) is 6.54 Å². The second kappa shape index (κ2) is 11.3. The first kappa shape index (κ1) is 24.7. The highest BCUT2D eigenvalue weighted by Gasteiger charge is 2.32. The molecule has 1 aliphatic rings. The maximum Gasteiger partial charge on any atom is 0.266 e. The van der Waals surface area contributed by atoms with Crippen LogP contribution in [0.1, 0.15) is 50.2 Å². The van der Waals surface area contributed by atoms with E-state index in [0.717, 1.165) is 23.3 Å². The Morgan fingerprint density at radius 1 is 1.06 bits per heavy atom. The van der Waals surface area contributed by atoms with Crippen LogP contribution in [-0.4, -0.2) is 31.1 Å². The zero-order valence-electron chi connectivity index (χ0n) is 19.3. The number of nitrogens with zero attached hydrogens (tertiary/aromatic N) is 3. The Hall–Kier alpha value is -2.42. The molecule has 176 valence electrons. The number of aryl methyl sites for hydroxylation is 1. The van der Waals surface area contributed by atoms with Crippen LogP contribution < -0.4 is 5.56 Å². The highest BCUT2D eigenvalue weighted by molar-refractivity contribution is 8.26. The van der Waals surface area contributed by atoms with Gasteiger partial charge in [-0.05, 0) is 43.2 Å². The van der Waals surface area contributed by atoms with Crippen LogP contribution >= 0.6 is 35.7 Å². The molecule has 1 saturated heterocycles. The second-order valence-electron chi connectivity index (χ2n) is 8.23. The van der Waals surface area contributed by atoms with Crippen LogP contribution in [0.15, 0.2) is 68.3 Å². The highest BCUT2D eigenvalue weighted by Crippen LogP contribution is 2.35. The Labute approximate surface area is 213 Å². The molecule has 1 aromatic carbocycles. The molecule has 2 aromatic heterocycles. The van der Waals surface area contributed by atoms with Gasteiger partial charge in [-0.3, -0.25) is 18.9 Å². The standard InChI is InChI=1S/C26H27N3O2S3/c1-3-4-5-6-10-15-28-25(31)21(34-26(28)32)16-20-23(33-19-11-8-7-9-12-19)27-22-14-13-18(2)17-29(22)24(20)30/h7-9,11-14,16-17H,3-6,10,15H2,1-2H3. The third kappa shape index (κ3) is 5.62. The molecule has 5 nitrogen and oxygen atoms in total. The number of rotatable bonds is 9. The third-order valence-corrected chi connectivity index (χ3v) is 7.95. The van der Waals surface area contributed by atoms with Gasteiger partial charge < -0.3 is 0 Å². The van der Waals surface area contributed by atoms with Crippen molar-refractivity contribution in [1.29, 1.82) is 0 Å². The number of carbonyl (C=O) groups excluding carboxylic acids is 1. The number of aromatic nitrogens is 2. The van der Waals surface area contributed by atoms with Crippen molar-refractivity contribution in [3.63, 3.8) is 0 Å². The number of fused-ring (bicyclic) bond motifs is 1. The van der Waals surface area contributed by atoms with Gasteiger partial charge in [0.1, 0.15) is 15.0 Å². The fourth-order valence-electron chi connectivity index (χ4n) is 3.74. The molecule has 0 radical (unpaired) electrons. The fraction of sp³-hybridized carbons (Fsp3) is 0.308. The summed E-state index contributed by atoms with van der Waals surface area (Å²) in [6, 6.07) is 13.6. The summed E-state index contributed by atoms with van der Waals surface area (Å²) in [5.41, 5.74) is 1.74. The van der Waals surface area contributed by atoms with Gasteiger partial charge in [0.25, 0.3) is 11.5 Å². The Morgan fingerprint density at radius 2 is 1.82 bits per heavy atom. The topological polar surface area (TPSA) is 54.7 Å². The van der Waals surface area contributed by atoms with Crippen molar-refractivity contribution in [1.82, 2.24) is 14.3 Å². The maximum atomic E-state index is 13.5. The van der Waals surface area contributed by atoms with Crippen molar-refractivity contribution in [2.24, 2.45) is 0 Å². The molecule has 0 N–H and O–H groups in total. The van der Waals surface area contributed by atoms with Crippen molar-refractivity contribution in [2.45, 2.75) is 55.9 Å². The Morgan fingerprint density at radius 3 is 2.59 bits per heavy atom. The van der Waals surface area contributed by atoms with Gasteiger partial charge in [-0.2, -0.15) is 0 Å². The number of pyridine rings is 1. The number of carbonyl (C=O) groups is 1. The van der Waals surface area contributed by atoms with E-state index in [0.29, 0.717) is 32.0 Å². The van der Waals surface area contributed by atoms with E-state index in [1.807, 2.05) is 49.4 Å². The lowest BCUT2D eigenvalue weighted by Crippen LogP contribution is -2.29. The van der Waals surface area contributed by atoms with E-state index in [4.69, 9.17) is 17.2 Å². The normalized spacial score (nSPS) is 15.1. The van der Waals surface area contributed by atoms with Crippen LogP contribution in [0.4, 0.5) is 0 Å². The Balaban J connectivity index is 1.69. The zero-order chi connectivity index (χ0) is 24.1. The predicted molar refractivity (Wildman–Crippen MR) is 145 cm³/mol. The molecule has 3 heterocycles. The minimum atomic E-state index is -0.197. The molecule has 0 bridgehead atoms. The molecule has 1 fully saturated rings. The van der Waals surface area contributed by atoms with E-state index in [2.05, 4.69) is 6.92 Å². The SMILES string of the molecule is CCCCCCCN1C(=O)C(=Cc2c(Sc3ccccc3)nc3ccc(C)cn3c2=O)SC1=S. The van der Waals surface area contributed by atoms with Gasteiger partial charge in [-0.25, -0.2) is 4.98 Å². The molecule has 1 amide bonds. The van der Waals surface area contributed by atoms with E-state index >= 15 is 0 Å². The molecule has 3 aromatic rings. The largest absolute Gasteiger partial charge is 0.293 e. The lowest BCUT2D eigenvalue weighted by molar-refractivity contribution is -0.122. The predicted octanol–water partition coefficient (Wildman–Crippen LogP) is 6.33. The van der Waals surface area contributed by atoms with Crippen molar-refractivity contribution in [3.05, 3.63) is 75.0 Å². The van der Waals surface area contributed by atoms with Gasteiger partial charge >= 0.3 is 0 Å². The third-order valence-electron chi connectivity index (χ3n) is 5.56. The monoisotopic (exact) mass is 509 g/mol. The summed E-state index contributed by atoms with van der Waals surface area (Å²) in [6.07, 6.45) is 9.01. The summed E-state index contributed by atoms with van der Waals surface area (Å²) in [7, 11) is 0. The summed E-state index contributed by atoms with van der Waals surface area (Å²) < 4.78 is 2.10. The van der Waals surface area contributed by atoms with Gasteiger partial charge in [0.05, 0.1) is 10.5 Å². The van der Waals surface area contributed by atoms with E-state index in [1.165, 1.54) is 42.8 Å². The van der Waals surface area contributed by atoms with Gasteiger partial charge in [-0.1, -0.05) is 92.6 Å². The number of thioether (sulfide) groups is 1. The molecular formula is C26H27N3O2S3. The summed E-state index contributed by atoms with van der Waals surface area (Å²) in [6.45, 7) is 4.73. The molecule has 4 rings (SSSR count). The number of hydrogen-bond donors (Lipinski definition) is 0. The van der Waals surface area contributed by atoms with E-state index in [9.17, 15) is 9.59 Å². The minimum Gasteiger partial charge on any atom is -0.293 e. The van der Waals surface area contributed by atoms with Crippen LogP contribution in [0.25, 0.3) is 11.7 Å². The number of benzene rings is 1. The average molecular weight is 510 g/mol. The van der Waals surface area contributed by atoms with Crippen LogP contribution in [0, 0.1) is 6.92 Å². The molecule has 1 aliphatic heterocycles. The fourth-order valence-corrected chi connectivity index (χ4v) is 5.94. The number of amides is 1. The van der Waals surface area contributed by atoms with Gasteiger partial charge in [-0.15, -0.1) is 0 Å². The van der Waals surface area contributed by atoms with Gasteiger partial charge in [0, 0.05) is 17.6 Å². The van der Waals surface area contributed by atoms with Crippen molar-refractivity contribution < 1.29 is 4.79 Å². The number of thiocarbonyl (C=S) groups is 1. The molecular weight excluding hydrogens is 483 g/mol. The first-order valence-electron chi connectivity index (χ1n) is 11.5. The van der Waals surface area contributed by atoms with Gasteiger partial charge in [0.2, 0.25) is 0 Å². The molecule has 0 unspecified atom stereocenters. The molecule has 8 heteroatoms. The van der Waals surface area contributed by atoms with Crippen molar-refractivity contribution in [3.8, 4) is 0 Å². The Bertz CT molecular complexity index is 1300. The number of unbranched alkanes of at least 4 members (excludes halogenated alkanes) is 4. The smallest absolute Gasteiger partial charge is 0.266 e. The maximum absolute atomic E-state index is 13.5. The highest BCUT2D eigenvalue weighted by atomic mass is 32.2. The Kier molecular flexibility index (Phi) is 8.24. The van der Waals surface area contributed by atoms with Crippen LogP contribution in [-0.2, 0) is 4.79 Å². The number of hydrogen-bond acceptors (Lipinski definition) is 6. The minimum absolute atomic E-state index is 0.130. The first-order valence-corrected chi connectivity index (χ1v) is 13.5. The molecule has 34 heavy (non-hydrogen) atoms. The van der Waals surface area contributed by atoms with E-state index in [-0.39, 0.29) is 11.5 Å². The van der Waals surface area contributed by atoms with Crippen molar-refractivity contribution >= 4 is 57.7 Å². The molecule has 0 saturated carbocycles. The lowest BCUT2D eigenvalue weighted by atomic mass is 10.1. The summed E-state index contributed by atoms with van der Waals surface area (Å²) in [4.78, 5) is 34.6. The van der Waals surface area contributed by atoms with E-state index in [1.54, 1.807) is 21.6 Å². The lowest BCUT2D eigenvalue weighted by Gasteiger charge is -2.14. The summed E-state index contributed by atoms with van der Waals surface area (Å²) in [5.74, 6) is -0.130. The van der Waals surface area contributed by atoms with Crippen LogP contribution in [0.3, 0.4) is 0 Å². The van der Waals surface area contributed by atoms with E-state index < -0.39 is 0 Å². The van der Waals surface area contributed by atoms with Gasteiger partial charge in [0.15, 0.2) is 0 Å². The average Bonchev–Trinajstić information content (AvgIpc) is 3.10. The molecule has 0 atom stereocenters. The molecule has 0 spiro atoms. The quantitative estimate of drug-likeness (QED) is 0.145. The zero-order valence-corrected chi connectivity index (χ0v) is 21.8. The summed E-state index contributed by atoms with van der Waals surface area (Å²) in [5, 5.41) is 0.574. The summed E-state index contributed by atoms with van der Waals surface area (Å²) >= 11 is 8.18.